The fraction of sp³-hybridized carbons (Fsp3) is 0.588. The lowest BCUT2D eigenvalue weighted by atomic mass is 10.1. The molecule has 24 heavy (non-hydrogen) atoms. The molecule has 0 unspecified atom stereocenters. The number of hydrogen-bond donors (Lipinski definition) is 3. The standard InChI is InChI=1S/C17H26FN3O2.HI/c1-19-17(20-7-2-8-23-12-13-3-4-13)21-10-14-5-6-16(18)15(9-14)11-22;/h5-6,9,13,22H,2-4,7-8,10-12H2,1H3,(H2,19,20,21);1H. The van der Waals surface area contributed by atoms with E-state index in [-0.39, 0.29) is 36.4 Å². The van der Waals surface area contributed by atoms with Crippen molar-refractivity contribution in [1.82, 2.24) is 10.6 Å². The third-order valence-electron chi connectivity index (χ3n) is 3.77. The zero-order valence-corrected chi connectivity index (χ0v) is 16.4. The number of rotatable bonds is 9. The molecule has 1 fully saturated rings. The maximum atomic E-state index is 13.3. The molecule has 0 aliphatic heterocycles. The van der Waals surface area contributed by atoms with Crippen molar-refractivity contribution in [3.8, 4) is 0 Å². The third kappa shape index (κ3) is 7.76. The van der Waals surface area contributed by atoms with Gasteiger partial charge >= 0.3 is 0 Å². The van der Waals surface area contributed by atoms with E-state index < -0.39 is 0 Å². The average Bonchev–Trinajstić information content (AvgIpc) is 3.39. The molecule has 2 rings (SSSR count). The minimum Gasteiger partial charge on any atom is -0.392 e. The van der Waals surface area contributed by atoms with Gasteiger partial charge < -0.3 is 20.5 Å². The van der Waals surface area contributed by atoms with Crippen LogP contribution in [0.3, 0.4) is 0 Å². The number of hydrogen-bond acceptors (Lipinski definition) is 3. The third-order valence-corrected chi connectivity index (χ3v) is 3.77. The van der Waals surface area contributed by atoms with E-state index in [4.69, 9.17) is 9.84 Å². The minimum absolute atomic E-state index is 0. The number of nitrogens with zero attached hydrogens (tertiary/aromatic N) is 1. The van der Waals surface area contributed by atoms with Gasteiger partial charge in [-0.3, -0.25) is 4.99 Å². The van der Waals surface area contributed by atoms with E-state index in [1.165, 1.54) is 18.9 Å². The average molecular weight is 451 g/mol. The zero-order valence-electron chi connectivity index (χ0n) is 14.1. The summed E-state index contributed by atoms with van der Waals surface area (Å²) < 4.78 is 18.9. The first-order valence-electron chi connectivity index (χ1n) is 8.13. The molecule has 1 aromatic carbocycles. The van der Waals surface area contributed by atoms with E-state index in [1.807, 2.05) is 0 Å². The summed E-state index contributed by atoms with van der Waals surface area (Å²) in [6.07, 6.45) is 3.56. The van der Waals surface area contributed by atoms with Crippen molar-refractivity contribution < 1.29 is 14.2 Å². The lowest BCUT2D eigenvalue weighted by Gasteiger charge is -2.12. The molecule has 3 N–H and O–H groups in total. The summed E-state index contributed by atoms with van der Waals surface area (Å²) in [5, 5.41) is 15.5. The highest BCUT2D eigenvalue weighted by atomic mass is 127. The second-order valence-electron chi connectivity index (χ2n) is 5.81. The molecule has 1 aliphatic rings. The van der Waals surface area contributed by atoms with Crippen LogP contribution in [0.25, 0.3) is 0 Å². The molecule has 0 atom stereocenters. The predicted molar refractivity (Wildman–Crippen MR) is 104 cm³/mol. The molecule has 7 heteroatoms. The van der Waals surface area contributed by atoms with Crippen molar-refractivity contribution in [1.29, 1.82) is 0 Å². The highest BCUT2D eigenvalue weighted by Gasteiger charge is 2.20. The highest BCUT2D eigenvalue weighted by molar-refractivity contribution is 14.0. The fourth-order valence-corrected chi connectivity index (χ4v) is 2.18. The van der Waals surface area contributed by atoms with Crippen molar-refractivity contribution in [2.45, 2.75) is 32.4 Å². The molecule has 0 bridgehead atoms. The number of ether oxygens (including phenoxy) is 1. The molecular formula is C17H27FIN3O2. The summed E-state index contributed by atoms with van der Waals surface area (Å²) in [6.45, 7) is 2.66. The van der Waals surface area contributed by atoms with E-state index in [0.29, 0.717) is 18.1 Å². The molecular weight excluding hydrogens is 424 g/mol. The molecule has 0 aromatic heterocycles. The van der Waals surface area contributed by atoms with Gasteiger partial charge in [-0.05, 0) is 42.9 Å². The van der Waals surface area contributed by atoms with Crippen molar-refractivity contribution >= 4 is 29.9 Å². The minimum atomic E-state index is -0.384. The van der Waals surface area contributed by atoms with Crippen LogP contribution in [0, 0.1) is 11.7 Å². The highest BCUT2D eigenvalue weighted by Crippen LogP contribution is 2.28. The Bertz CT molecular complexity index is 525. The number of nitrogens with one attached hydrogen (secondary N) is 2. The second kappa shape index (κ2) is 11.6. The van der Waals surface area contributed by atoms with Crippen LogP contribution in [0.5, 0.6) is 0 Å². The van der Waals surface area contributed by atoms with E-state index >= 15 is 0 Å². The summed E-state index contributed by atoms with van der Waals surface area (Å²) in [7, 11) is 1.71. The maximum Gasteiger partial charge on any atom is 0.191 e. The molecule has 0 heterocycles. The Morgan fingerprint density at radius 1 is 1.38 bits per heavy atom. The van der Waals surface area contributed by atoms with Crippen LogP contribution in [-0.4, -0.2) is 37.9 Å². The summed E-state index contributed by atoms with van der Waals surface area (Å²) in [5.41, 5.74) is 1.20. The zero-order chi connectivity index (χ0) is 16.5. The molecule has 0 amide bonds. The topological polar surface area (TPSA) is 65.9 Å². The molecule has 0 radical (unpaired) electrons. The van der Waals surface area contributed by atoms with Crippen LogP contribution in [0.2, 0.25) is 0 Å². The number of aliphatic imine (C=N–C) groups is 1. The van der Waals surface area contributed by atoms with Crippen molar-refractivity contribution in [2.24, 2.45) is 10.9 Å². The van der Waals surface area contributed by atoms with E-state index in [2.05, 4.69) is 15.6 Å². The first-order chi connectivity index (χ1) is 11.2. The smallest absolute Gasteiger partial charge is 0.191 e. The van der Waals surface area contributed by atoms with Crippen LogP contribution in [0.15, 0.2) is 23.2 Å². The normalized spacial score (nSPS) is 14.2. The fourth-order valence-electron chi connectivity index (χ4n) is 2.18. The Kier molecular flexibility index (Phi) is 10.2. The van der Waals surface area contributed by atoms with Gasteiger partial charge in [-0.2, -0.15) is 0 Å². The number of aliphatic hydroxyl groups is 1. The molecule has 0 saturated heterocycles. The van der Waals surface area contributed by atoms with Gasteiger partial charge in [-0.15, -0.1) is 24.0 Å². The lowest BCUT2D eigenvalue weighted by molar-refractivity contribution is 0.123. The summed E-state index contributed by atoms with van der Waals surface area (Å²) >= 11 is 0. The quantitative estimate of drug-likeness (QED) is 0.234. The van der Waals surface area contributed by atoms with Crippen LogP contribution < -0.4 is 10.6 Å². The van der Waals surface area contributed by atoms with E-state index in [0.717, 1.165) is 37.7 Å². The Morgan fingerprint density at radius 2 is 2.17 bits per heavy atom. The lowest BCUT2D eigenvalue weighted by Crippen LogP contribution is -2.37. The van der Waals surface area contributed by atoms with Gasteiger partial charge in [0.1, 0.15) is 5.82 Å². The largest absolute Gasteiger partial charge is 0.392 e. The van der Waals surface area contributed by atoms with Crippen LogP contribution in [0.1, 0.15) is 30.4 Å². The van der Waals surface area contributed by atoms with Crippen LogP contribution >= 0.6 is 24.0 Å². The molecule has 1 aromatic rings. The Morgan fingerprint density at radius 3 is 2.83 bits per heavy atom. The number of benzene rings is 1. The van der Waals surface area contributed by atoms with Crippen molar-refractivity contribution in [3.63, 3.8) is 0 Å². The summed E-state index contributed by atoms with van der Waals surface area (Å²) in [6, 6.07) is 4.72. The van der Waals surface area contributed by atoms with Crippen LogP contribution in [0.4, 0.5) is 4.39 Å². The van der Waals surface area contributed by atoms with Crippen molar-refractivity contribution in [2.75, 3.05) is 26.8 Å². The molecule has 5 nitrogen and oxygen atoms in total. The first kappa shape index (κ1) is 21.1. The van der Waals surface area contributed by atoms with Crippen LogP contribution in [-0.2, 0) is 17.9 Å². The predicted octanol–water partition coefficient (Wildman–Crippen LogP) is 2.42. The van der Waals surface area contributed by atoms with Crippen molar-refractivity contribution in [3.05, 3.63) is 35.1 Å². The van der Waals surface area contributed by atoms with E-state index in [9.17, 15) is 4.39 Å². The Balaban J connectivity index is 0.00000288. The Hall–Kier alpha value is -0.930. The number of guanidine groups is 1. The summed E-state index contributed by atoms with van der Waals surface area (Å²) in [4.78, 5) is 4.15. The first-order valence-corrected chi connectivity index (χ1v) is 8.13. The van der Waals surface area contributed by atoms with Gasteiger partial charge in [-0.25, -0.2) is 4.39 Å². The molecule has 1 aliphatic carbocycles. The van der Waals surface area contributed by atoms with Gasteiger partial charge in [0, 0.05) is 38.9 Å². The van der Waals surface area contributed by atoms with Gasteiger partial charge in [0.2, 0.25) is 0 Å². The van der Waals surface area contributed by atoms with Gasteiger partial charge in [0.05, 0.1) is 6.61 Å². The number of aliphatic hydroxyl groups excluding tert-OH is 1. The van der Waals surface area contributed by atoms with E-state index in [1.54, 1.807) is 19.2 Å². The molecule has 136 valence electrons. The molecule has 0 spiro atoms. The maximum absolute atomic E-state index is 13.3. The summed E-state index contributed by atoms with van der Waals surface area (Å²) in [5.74, 6) is 1.11. The Labute approximate surface area is 160 Å². The van der Waals surface area contributed by atoms with Gasteiger partial charge in [0.15, 0.2) is 5.96 Å². The monoisotopic (exact) mass is 451 g/mol. The molecule has 1 saturated carbocycles. The SMILES string of the molecule is CN=C(NCCCOCC1CC1)NCc1ccc(F)c(CO)c1.I. The number of halogens is 2. The van der Waals surface area contributed by atoms with Gasteiger partial charge in [-0.1, -0.05) is 6.07 Å². The second-order valence-corrected chi connectivity index (χ2v) is 5.81. The van der Waals surface area contributed by atoms with Gasteiger partial charge in [0.25, 0.3) is 0 Å².